The number of aryl methyl sites for hydroxylation is 2. The Hall–Kier alpha value is -1.14. The molecule has 3 rings (SSSR count). The van der Waals surface area contributed by atoms with Gasteiger partial charge in [-0.05, 0) is 56.8 Å². The van der Waals surface area contributed by atoms with Crippen LogP contribution in [0, 0.1) is 20.8 Å². The molecule has 25 heavy (non-hydrogen) atoms. The molecule has 2 aliphatic rings. The van der Waals surface area contributed by atoms with Crippen LogP contribution in [0.15, 0.2) is 12.1 Å². The summed E-state index contributed by atoms with van der Waals surface area (Å²) in [5.74, 6) is 0.900. The van der Waals surface area contributed by atoms with Crippen LogP contribution >= 0.6 is 0 Å². The fourth-order valence-electron chi connectivity index (χ4n) is 3.80. The summed E-state index contributed by atoms with van der Waals surface area (Å²) in [7, 11) is 0. The number of aliphatic hydroxyl groups is 1. The fraction of sp³-hybridized carbons (Fsp3) is 0.700. The van der Waals surface area contributed by atoms with Crippen LogP contribution in [0.2, 0.25) is 0 Å². The van der Waals surface area contributed by atoms with Crippen LogP contribution < -0.4 is 4.74 Å². The smallest absolute Gasteiger partial charge is 0.173 e. The number of ether oxygens (including phenoxy) is 3. The predicted octanol–water partition coefficient (Wildman–Crippen LogP) is 2.58. The van der Waals surface area contributed by atoms with Gasteiger partial charge >= 0.3 is 0 Å². The van der Waals surface area contributed by atoms with Crippen molar-refractivity contribution in [3.05, 3.63) is 28.8 Å². The van der Waals surface area contributed by atoms with Crippen molar-refractivity contribution in [3.8, 4) is 5.75 Å². The van der Waals surface area contributed by atoms with Gasteiger partial charge in [-0.2, -0.15) is 0 Å². The average Bonchev–Trinajstić information content (AvgIpc) is 3.13. The van der Waals surface area contributed by atoms with Crippen molar-refractivity contribution in [1.82, 2.24) is 4.90 Å². The molecule has 2 saturated heterocycles. The molecule has 2 unspecified atom stereocenters. The highest BCUT2D eigenvalue weighted by atomic mass is 16.7. The van der Waals surface area contributed by atoms with Crippen molar-refractivity contribution in [2.45, 2.75) is 58.5 Å². The van der Waals surface area contributed by atoms with Crippen LogP contribution in [0.4, 0.5) is 0 Å². The zero-order valence-corrected chi connectivity index (χ0v) is 15.7. The molecule has 5 nitrogen and oxygen atoms in total. The van der Waals surface area contributed by atoms with Crippen LogP contribution in [0.5, 0.6) is 5.75 Å². The van der Waals surface area contributed by atoms with E-state index in [1.165, 1.54) is 12.0 Å². The molecule has 2 atom stereocenters. The molecule has 0 amide bonds. The minimum Gasteiger partial charge on any atom is -0.490 e. The first-order chi connectivity index (χ1) is 12.1. The predicted molar refractivity (Wildman–Crippen MR) is 97.1 cm³/mol. The molecule has 1 N–H and O–H groups in total. The molecule has 2 aliphatic heterocycles. The highest BCUT2D eigenvalue weighted by Crippen LogP contribution is 2.27. The number of aliphatic hydroxyl groups excluding tert-OH is 1. The first-order valence-corrected chi connectivity index (χ1v) is 9.41. The Labute approximate surface area is 150 Å². The van der Waals surface area contributed by atoms with Crippen molar-refractivity contribution in [2.24, 2.45) is 0 Å². The molecule has 0 saturated carbocycles. The van der Waals surface area contributed by atoms with Crippen molar-refractivity contribution in [1.29, 1.82) is 0 Å². The Balaban J connectivity index is 1.56. The summed E-state index contributed by atoms with van der Waals surface area (Å²) in [6.07, 6.45) is 2.75. The van der Waals surface area contributed by atoms with E-state index < -0.39 is 6.10 Å². The number of hydrogen-bond donors (Lipinski definition) is 1. The lowest BCUT2D eigenvalue weighted by Gasteiger charge is -2.38. The van der Waals surface area contributed by atoms with Gasteiger partial charge in [0.05, 0.1) is 19.3 Å². The maximum atomic E-state index is 10.5. The van der Waals surface area contributed by atoms with Crippen LogP contribution in [-0.4, -0.2) is 61.4 Å². The van der Waals surface area contributed by atoms with Gasteiger partial charge in [-0.15, -0.1) is 0 Å². The normalized spacial score (nSPS) is 23.8. The van der Waals surface area contributed by atoms with Gasteiger partial charge in [0.2, 0.25) is 0 Å². The number of rotatable bonds is 6. The Bertz CT molecular complexity index is 571. The molecule has 2 fully saturated rings. The zero-order chi connectivity index (χ0) is 17.8. The Morgan fingerprint density at radius 3 is 2.64 bits per heavy atom. The van der Waals surface area contributed by atoms with Gasteiger partial charge in [0.1, 0.15) is 18.5 Å². The molecule has 1 aromatic carbocycles. The first-order valence-electron chi connectivity index (χ1n) is 9.41. The van der Waals surface area contributed by atoms with E-state index in [1.54, 1.807) is 0 Å². The summed E-state index contributed by atoms with van der Waals surface area (Å²) in [6.45, 7) is 9.42. The zero-order valence-electron chi connectivity index (χ0n) is 15.7. The SMILES string of the molecule is Cc1ccc(C)c(OCC(O)CN2CCCCC2C2OCCO2)c1C. The van der Waals surface area contributed by atoms with Crippen molar-refractivity contribution < 1.29 is 19.3 Å². The van der Waals surface area contributed by atoms with Gasteiger partial charge in [-0.1, -0.05) is 18.6 Å². The fourth-order valence-corrected chi connectivity index (χ4v) is 3.80. The standard InChI is InChI=1S/C20H31NO4/c1-14-7-8-15(2)19(16(14)3)25-13-17(22)12-21-9-5-4-6-18(21)20-23-10-11-24-20/h7-8,17-18,20,22H,4-6,9-13H2,1-3H3. The van der Waals surface area contributed by atoms with Crippen LogP contribution in [0.3, 0.4) is 0 Å². The molecule has 5 heteroatoms. The summed E-state index contributed by atoms with van der Waals surface area (Å²) in [6, 6.07) is 4.42. The third-order valence-corrected chi connectivity index (χ3v) is 5.36. The second kappa shape index (κ2) is 8.49. The summed E-state index contributed by atoms with van der Waals surface area (Å²) in [4.78, 5) is 2.31. The van der Waals surface area contributed by atoms with Crippen LogP contribution in [0.25, 0.3) is 0 Å². The van der Waals surface area contributed by atoms with Gasteiger partial charge in [-0.25, -0.2) is 0 Å². The molecule has 2 heterocycles. The van der Waals surface area contributed by atoms with E-state index in [4.69, 9.17) is 14.2 Å². The summed E-state index contributed by atoms with van der Waals surface area (Å²) in [5, 5.41) is 10.5. The molecule has 0 bridgehead atoms. The highest BCUT2D eigenvalue weighted by molar-refractivity contribution is 5.44. The lowest BCUT2D eigenvalue weighted by Crippen LogP contribution is -2.50. The molecular weight excluding hydrogens is 318 g/mol. The monoisotopic (exact) mass is 349 g/mol. The van der Waals surface area contributed by atoms with E-state index in [9.17, 15) is 5.11 Å². The third kappa shape index (κ3) is 4.53. The molecule has 1 aromatic rings. The number of nitrogens with zero attached hydrogens (tertiary/aromatic N) is 1. The number of piperidine rings is 1. The van der Waals surface area contributed by atoms with Crippen LogP contribution in [-0.2, 0) is 9.47 Å². The number of hydrogen-bond acceptors (Lipinski definition) is 5. The second-order valence-corrected chi connectivity index (χ2v) is 7.29. The topological polar surface area (TPSA) is 51.2 Å². The number of benzene rings is 1. The lowest BCUT2D eigenvalue weighted by molar-refractivity contribution is -0.115. The van der Waals surface area contributed by atoms with E-state index in [2.05, 4.69) is 30.9 Å². The summed E-state index contributed by atoms with van der Waals surface area (Å²) in [5.41, 5.74) is 3.47. The molecule has 0 spiro atoms. The van der Waals surface area contributed by atoms with Gasteiger partial charge in [0.15, 0.2) is 6.29 Å². The minimum absolute atomic E-state index is 0.144. The maximum Gasteiger partial charge on any atom is 0.173 e. The van der Waals surface area contributed by atoms with Gasteiger partial charge in [-0.3, -0.25) is 4.90 Å². The molecular formula is C20H31NO4. The van der Waals surface area contributed by atoms with Crippen LogP contribution in [0.1, 0.15) is 36.0 Å². The van der Waals surface area contributed by atoms with E-state index in [0.29, 0.717) is 26.4 Å². The van der Waals surface area contributed by atoms with Gasteiger partial charge in [0, 0.05) is 6.54 Å². The molecule has 0 radical (unpaired) electrons. The van der Waals surface area contributed by atoms with E-state index in [-0.39, 0.29) is 12.3 Å². The molecule has 0 aromatic heterocycles. The number of likely N-dealkylation sites (tertiary alicyclic amines) is 1. The summed E-state index contributed by atoms with van der Waals surface area (Å²) < 4.78 is 17.4. The average molecular weight is 349 g/mol. The third-order valence-electron chi connectivity index (χ3n) is 5.36. The Kier molecular flexibility index (Phi) is 6.34. The van der Waals surface area contributed by atoms with Gasteiger partial charge in [0.25, 0.3) is 0 Å². The van der Waals surface area contributed by atoms with Crippen molar-refractivity contribution >= 4 is 0 Å². The lowest BCUT2D eigenvalue weighted by atomic mass is 10.0. The Morgan fingerprint density at radius 2 is 1.88 bits per heavy atom. The first kappa shape index (κ1) is 18.6. The van der Waals surface area contributed by atoms with Crippen molar-refractivity contribution in [3.63, 3.8) is 0 Å². The van der Waals surface area contributed by atoms with E-state index in [0.717, 1.165) is 36.3 Å². The molecule has 0 aliphatic carbocycles. The van der Waals surface area contributed by atoms with E-state index >= 15 is 0 Å². The quantitative estimate of drug-likeness (QED) is 0.855. The largest absolute Gasteiger partial charge is 0.490 e. The Morgan fingerprint density at radius 1 is 1.16 bits per heavy atom. The van der Waals surface area contributed by atoms with Gasteiger partial charge < -0.3 is 19.3 Å². The van der Waals surface area contributed by atoms with E-state index in [1.807, 2.05) is 6.92 Å². The molecule has 140 valence electrons. The maximum absolute atomic E-state index is 10.5. The second-order valence-electron chi connectivity index (χ2n) is 7.29. The summed E-state index contributed by atoms with van der Waals surface area (Å²) >= 11 is 0. The highest BCUT2D eigenvalue weighted by Gasteiger charge is 2.34. The number of β-amino-alcohol motifs (C(OH)–C–C–N with tert-alkyl or cyclic N) is 1. The van der Waals surface area contributed by atoms with Crippen molar-refractivity contribution in [2.75, 3.05) is 32.9 Å². The minimum atomic E-state index is -0.527.